The Morgan fingerprint density at radius 3 is 2.95 bits per heavy atom. The van der Waals surface area contributed by atoms with Gasteiger partial charge in [0.25, 0.3) is 0 Å². The maximum absolute atomic E-state index is 5.44. The maximum atomic E-state index is 5.44. The van der Waals surface area contributed by atoms with Crippen molar-refractivity contribution < 1.29 is 9.26 Å². The molecule has 1 aliphatic heterocycles. The Hall–Kier alpha value is -1.85. The van der Waals surface area contributed by atoms with Gasteiger partial charge in [-0.2, -0.15) is 0 Å². The molecule has 0 radical (unpaired) electrons. The number of hydrogen-bond acceptors (Lipinski definition) is 5. The summed E-state index contributed by atoms with van der Waals surface area (Å²) in [5.74, 6) is 1.61. The summed E-state index contributed by atoms with van der Waals surface area (Å²) in [6.45, 7) is 5.04. The van der Waals surface area contributed by atoms with Crippen molar-refractivity contribution in [3.05, 3.63) is 36.0 Å². The number of benzene rings is 1. The lowest BCUT2D eigenvalue weighted by atomic mass is 10.1. The molecule has 1 N–H and O–H groups in total. The van der Waals surface area contributed by atoms with Gasteiger partial charge in [-0.25, -0.2) is 0 Å². The Bertz CT molecular complexity index is 562. The van der Waals surface area contributed by atoms with E-state index < -0.39 is 0 Å². The highest BCUT2D eigenvalue weighted by atomic mass is 16.5. The number of methoxy groups -OCH3 is 1. The zero-order chi connectivity index (χ0) is 13.8. The van der Waals surface area contributed by atoms with Crippen LogP contribution in [0.1, 0.15) is 5.69 Å². The molecule has 1 fully saturated rings. The third-order valence-electron chi connectivity index (χ3n) is 3.51. The first kappa shape index (κ1) is 13.1. The first-order chi connectivity index (χ1) is 9.85. The van der Waals surface area contributed by atoms with Gasteiger partial charge < -0.3 is 14.6 Å². The Labute approximate surface area is 118 Å². The predicted molar refractivity (Wildman–Crippen MR) is 76.6 cm³/mol. The molecule has 0 bridgehead atoms. The van der Waals surface area contributed by atoms with E-state index in [1.54, 1.807) is 7.11 Å². The van der Waals surface area contributed by atoms with Crippen LogP contribution in [0, 0.1) is 0 Å². The summed E-state index contributed by atoms with van der Waals surface area (Å²) >= 11 is 0. The van der Waals surface area contributed by atoms with Crippen molar-refractivity contribution >= 4 is 0 Å². The number of hydrogen-bond donors (Lipinski definition) is 1. The summed E-state index contributed by atoms with van der Waals surface area (Å²) in [5, 5.41) is 7.51. The third kappa shape index (κ3) is 3.00. The van der Waals surface area contributed by atoms with Gasteiger partial charge in [0, 0.05) is 44.4 Å². The summed E-state index contributed by atoms with van der Waals surface area (Å²) in [6, 6.07) is 9.83. The lowest BCUT2D eigenvalue weighted by molar-refractivity contribution is 0.227. The summed E-state index contributed by atoms with van der Waals surface area (Å²) in [5.41, 5.74) is 1.97. The van der Waals surface area contributed by atoms with Crippen LogP contribution in [0.4, 0.5) is 0 Å². The molecule has 0 atom stereocenters. The molecular formula is C15H19N3O2. The first-order valence-corrected chi connectivity index (χ1v) is 6.88. The highest BCUT2D eigenvalue weighted by Crippen LogP contribution is 2.24. The largest absolute Gasteiger partial charge is 0.497 e. The Morgan fingerprint density at radius 2 is 2.15 bits per heavy atom. The lowest BCUT2D eigenvalue weighted by Crippen LogP contribution is -2.42. The maximum Gasteiger partial charge on any atom is 0.167 e. The van der Waals surface area contributed by atoms with E-state index in [0.717, 1.165) is 55.5 Å². The molecule has 5 nitrogen and oxygen atoms in total. The number of piperazine rings is 1. The number of nitrogens with zero attached hydrogens (tertiary/aromatic N) is 2. The van der Waals surface area contributed by atoms with E-state index in [4.69, 9.17) is 9.26 Å². The van der Waals surface area contributed by atoms with Crippen LogP contribution in [0.15, 0.2) is 34.9 Å². The summed E-state index contributed by atoms with van der Waals surface area (Å²) in [7, 11) is 1.66. The minimum atomic E-state index is 0.786. The van der Waals surface area contributed by atoms with Crippen LogP contribution in [0.2, 0.25) is 0 Å². The second-order valence-corrected chi connectivity index (χ2v) is 4.94. The van der Waals surface area contributed by atoms with Gasteiger partial charge >= 0.3 is 0 Å². The van der Waals surface area contributed by atoms with E-state index in [1.165, 1.54) is 0 Å². The number of ether oxygens (including phenoxy) is 1. The highest BCUT2D eigenvalue weighted by molar-refractivity contribution is 5.59. The minimum Gasteiger partial charge on any atom is -0.497 e. The summed E-state index contributed by atoms with van der Waals surface area (Å²) in [4.78, 5) is 2.38. The molecule has 1 aromatic carbocycles. The van der Waals surface area contributed by atoms with Gasteiger partial charge in [0.2, 0.25) is 0 Å². The second kappa shape index (κ2) is 6.07. The normalized spacial score (nSPS) is 16.2. The van der Waals surface area contributed by atoms with Crippen LogP contribution in [-0.2, 0) is 6.54 Å². The van der Waals surface area contributed by atoms with E-state index in [1.807, 2.05) is 30.3 Å². The minimum absolute atomic E-state index is 0.786. The van der Waals surface area contributed by atoms with E-state index in [0.29, 0.717) is 0 Å². The molecule has 1 aromatic heterocycles. The van der Waals surface area contributed by atoms with Crippen LogP contribution in [-0.4, -0.2) is 43.3 Å². The molecule has 0 amide bonds. The zero-order valence-electron chi connectivity index (χ0n) is 11.6. The SMILES string of the molecule is COc1cccc(-c2cc(CN3CCNCC3)no2)c1. The van der Waals surface area contributed by atoms with Crippen LogP contribution in [0.3, 0.4) is 0 Å². The molecule has 106 valence electrons. The van der Waals surface area contributed by atoms with E-state index >= 15 is 0 Å². The Morgan fingerprint density at radius 1 is 1.30 bits per heavy atom. The Kier molecular flexibility index (Phi) is 3.99. The van der Waals surface area contributed by atoms with Gasteiger partial charge in [0.05, 0.1) is 12.8 Å². The monoisotopic (exact) mass is 273 g/mol. The van der Waals surface area contributed by atoms with Crippen molar-refractivity contribution in [1.82, 2.24) is 15.4 Å². The van der Waals surface area contributed by atoms with Crippen molar-refractivity contribution in [2.45, 2.75) is 6.54 Å². The highest BCUT2D eigenvalue weighted by Gasteiger charge is 2.13. The average molecular weight is 273 g/mol. The molecule has 2 heterocycles. The number of nitrogens with one attached hydrogen (secondary N) is 1. The molecular weight excluding hydrogens is 254 g/mol. The number of rotatable bonds is 4. The van der Waals surface area contributed by atoms with Crippen LogP contribution in [0.25, 0.3) is 11.3 Å². The predicted octanol–water partition coefficient (Wildman–Crippen LogP) is 1.76. The van der Waals surface area contributed by atoms with Crippen molar-refractivity contribution in [3.8, 4) is 17.1 Å². The van der Waals surface area contributed by atoms with Crippen molar-refractivity contribution in [2.75, 3.05) is 33.3 Å². The molecule has 0 spiro atoms. The molecule has 3 rings (SSSR count). The van der Waals surface area contributed by atoms with Gasteiger partial charge in [0.1, 0.15) is 5.75 Å². The lowest BCUT2D eigenvalue weighted by Gasteiger charge is -2.25. The fourth-order valence-electron chi connectivity index (χ4n) is 2.40. The standard InChI is InChI=1S/C15H19N3O2/c1-19-14-4-2-3-12(9-14)15-10-13(17-20-15)11-18-7-5-16-6-8-18/h2-4,9-10,16H,5-8,11H2,1H3. The van der Waals surface area contributed by atoms with Gasteiger partial charge in [-0.3, -0.25) is 4.90 Å². The molecule has 5 heteroatoms. The fraction of sp³-hybridized carbons (Fsp3) is 0.400. The summed E-state index contributed by atoms with van der Waals surface area (Å²) < 4.78 is 10.7. The first-order valence-electron chi connectivity index (χ1n) is 6.88. The van der Waals surface area contributed by atoms with E-state index in [9.17, 15) is 0 Å². The quantitative estimate of drug-likeness (QED) is 0.920. The average Bonchev–Trinajstić information content (AvgIpc) is 2.97. The van der Waals surface area contributed by atoms with E-state index in [2.05, 4.69) is 15.4 Å². The van der Waals surface area contributed by atoms with Crippen molar-refractivity contribution in [1.29, 1.82) is 0 Å². The molecule has 20 heavy (non-hydrogen) atoms. The van der Waals surface area contributed by atoms with E-state index in [-0.39, 0.29) is 0 Å². The van der Waals surface area contributed by atoms with Gasteiger partial charge in [0.15, 0.2) is 5.76 Å². The molecule has 0 unspecified atom stereocenters. The van der Waals surface area contributed by atoms with Gasteiger partial charge in [-0.05, 0) is 12.1 Å². The molecule has 0 aliphatic carbocycles. The molecule has 0 saturated carbocycles. The Balaban J connectivity index is 1.72. The molecule has 1 aliphatic rings. The topological polar surface area (TPSA) is 50.5 Å². The summed E-state index contributed by atoms with van der Waals surface area (Å²) in [6.07, 6.45) is 0. The second-order valence-electron chi connectivity index (χ2n) is 4.94. The molecule has 1 saturated heterocycles. The smallest absolute Gasteiger partial charge is 0.167 e. The van der Waals surface area contributed by atoms with Crippen molar-refractivity contribution in [3.63, 3.8) is 0 Å². The van der Waals surface area contributed by atoms with Crippen LogP contribution < -0.4 is 10.1 Å². The fourth-order valence-corrected chi connectivity index (χ4v) is 2.40. The number of aromatic nitrogens is 1. The van der Waals surface area contributed by atoms with Gasteiger partial charge in [-0.1, -0.05) is 17.3 Å². The van der Waals surface area contributed by atoms with Gasteiger partial charge in [-0.15, -0.1) is 0 Å². The zero-order valence-corrected chi connectivity index (χ0v) is 11.6. The molecule has 2 aromatic rings. The third-order valence-corrected chi connectivity index (χ3v) is 3.51. The van der Waals surface area contributed by atoms with Crippen LogP contribution >= 0.6 is 0 Å². The van der Waals surface area contributed by atoms with Crippen LogP contribution in [0.5, 0.6) is 5.75 Å². The van der Waals surface area contributed by atoms with Crippen molar-refractivity contribution in [2.24, 2.45) is 0 Å².